The van der Waals surface area contributed by atoms with Crippen LogP contribution in [0, 0.1) is 13.8 Å². The van der Waals surface area contributed by atoms with Crippen molar-refractivity contribution in [3.63, 3.8) is 0 Å². The second kappa shape index (κ2) is 6.02. The fourth-order valence-electron chi connectivity index (χ4n) is 2.04. The van der Waals surface area contributed by atoms with E-state index in [0.717, 1.165) is 22.4 Å². The Labute approximate surface area is 118 Å². The molecule has 0 radical (unpaired) electrons. The summed E-state index contributed by atoms with van der Waals surface area (Å²) < 4.78 is 0. The van der Waals surface area contributed by atoms with Crippen molar-refractivity contribution in [1.82, 2.24) is 0 Å². The molecule has 0 bridgehead atoms. The van der Waals surface area contributed by atoms with E-state index in [1.54, 1.807) is 12.3 Å². The van der Waals surface area contributed by atoms with Crippen molar-refractivity contribution in [2.75, 3.05) is 0 Å². The molecule has 0 aromatic heterocycles. The SMILES string of the molecule is Cc1cccc(C)c1N=Cc1ccccc1/C(N)=N/O. The zero-order valence-electron chi connectivity index (χ0n) is 11.5. The largest absolute Gasteiger partial charge is 0.409 e. The van der Waals surface area contributed by atoms with E-state index in [2.05, 4.69) is 10.1 Å². The van der Waals surface area contributed by atoms with E-state index < -0.39 is 0 Å². The maximum atomic E-state index is 8.80. The Bertz CT molecular complexity index is 655. The summed E-state index contributed by atoms with van der Waals surface area (Å²) in [5, 5.41) is 11.8. The van der Waals surface area contributed by atoms with Gasteiger partial charge in [0.1, 0.15) is 0 Å². The van der Waals surface area contributed by atoms with Crippen molar-refractivity contribution >= 4 is 17.7 Å². The van der Waals surface area contributed by atoms with Crippen LogP contribution in [-0.2, 0) is 0 Å². The molecule has 4 nitrogen and oxygen atoms in total. The van der Waals surface area contributed by atoms with Crippen LogP contribution in [0.2, 0.25) is 0 Å². The third-order valence-corrected chi connectivity index (χ3v) is 3.12. The van der Waals surface area contributed by atoms with Gasteiger partial charge >= 0.3 is 0 Å². The summed E-state index contributed by atoms with van der Waals surface area (Å²) in [6.07, 6.45) is 1.74. The number of nitrogens with zero attached hydrogens (tertiary/aromatic N) is 2. The molecule has 0 aliphatic heterocycles. The maximum absolute atomic E-state index is 8.80. The van der Waals surface area contributed by atoms with Crippen LogP contribution in [0.4, 0.5) is 5.69 Å². The van der Waals surface area contributed by atoms with Crippen molar-refractivity contribution in [1.29, 1.82) is 0 Å². The topological polar surface area (TPSA) is 71.0 Å². The van der Waals surface area contributed by atoms with Gasteiger partial charge in [-0.05, 0) is 25.0 Å². The summed E-state index contributed by atoms with van der Waals surface area (Å²) in [7, 11) is 0. The molecule has 0 saturated carbocycles. The summed E-state index contributed by atoms with van der Waals surface area (Å²) in [6, 6.07) is 13.5. The van der Waals surface area contributed by atoms with Crippen molar-refractivity contribution < 1.29 is 5.21 Å². The average Bonchev–Trinajstić information content (AvgIpc) is 2.46. The van der Waals surface area contributed by atoms with E-state index in [9.17, 15) is 0 Å². The van der Waals surface area contributed by atoms with Crippen LogP contribution in [0.5, 0.6) is 0 Å². The number of amidine groups is 1. The number of para-hydroxylation sites is 1. The number of aryl methyl sites for hydroxylation is 2. The molecule has 0 aliphatic carbocycles. The first kappa shape index (κ1) is 13.8. The number of nitrogens with two attached hydrogens (primary N) is 1. The highest BCUT2D eigenvalue weighted by Gasteiger charge is 2.05. The second-order valence-electron chi connectivity index (χ2n) is 4.57. The molecule has 4 heteroatoms. The van der Waals surface area contributed by atoms with Gasteiger partial charge in [0.25, 0.3) is 0 Å². The monoisotopic (exact) mass is 267 g/mol. The van der Waals surface area contributed by atoms with Gasteiger partial charge in [0.15, 0.2) is 5.84 Å². The first-order valence-corrected chi connectivity index (χ1v) is 6.30. The summed E-state index contributed by atoms with van der Waals surface area (Å²) in [5.41, 5.74) is 10.3. The second-order valence-corrected chi connectivity index (χ2v) is 4.57. The molecule has 20 heavy (non-hydrogen) atoms. The Hall–Kier alpha value is -2.62. The molecule has 3 N–H and O–H groups in total. The smallest absolute Gasteiger partial charge is 0.170 e. The van der Waals surface area contributed by atoms with Gasteiger partial charge in [-0.3, -0.25) is 4.99 Å². The molecule has 0 heterocycles. The molecule has 0 unspecified atom stereocenters. The van der Waals surface area contributed by atoms with E-state index >= 15 is 0 Å². The Kier molecular flexibility index (Phi) is 4.15. The maximum Gasteiger partial charge on any atom is 0.170 e. The van der Waals surface area contributed by atoms with Gasteiger partial charge in [-0.15, -0.1) is 0 Å². The number of hydrogen-bond acceptors (Lipinski definition) is 3. The lowest BCUT2D eigenvalue weighted by atomic mass is 10.1. The van der Waals surface area contributed by atoms with Gasteiger partial charge < -0.3 is 10.9 Å². The fraction of sp³-hybridized carbons (Fsp3) is 0.125. The molecule has 0 spiro atoms. The predicted octanol–water partition coefficient (Wildman–Crippen LogP) is 3.15. The molecular weight excluding hydrogens is 250 g/mol. The molecule has 2 rings (SSSR count). The highest BCUT2D eigenvalue weighted by molar-refractivity contribution is 6.04. The number of rotatable bonds is 3. The summed E-state index contributed by atoms with van der Waals surface area (Å²) >= 11 is 0. The van der Waals surface area contributed by atoms with Gasteiger partial charge in [0, 0.05) is 17.3 Å². The van der Waals surface area contributed by atoms with Crippen molar-refractivity contribution in [3.8, 4) is 0 Å². The Morgan fingerprint density at radius 3 is 2.35 bits per heavy atom. The summed E-state index contributed by atoms with van der Waals surface area (Å²) in [6.45, 7) is 4.05. The lowest BCUT2D eigenvalue weighted by molar-refractivity contribution is 0.318. The number of benzene rings is 2. The highest BCUT2D eigenvalue weighted by Crippen LogP contribution is 2.23. The zero-order valence-corrected chi connectivity index (χ0v) is 11.5. The van der Waals surface area contributed by atoms with Crippen LogP contribution in [0.1, 0.15) is 22.3 Å². The number of oxime groups is 1. The summed E-state index contributed by atoms with van der Waals surface area (Å²) in [5.74, 6) is 0.0774. The van der Waals surface area contributed by atoms with Gasteiger partial charge in [-0.25, -0.2) is 0 Å². The molecule has 2 aromatic rings. The van der Waals surface area contributed by atoms with Crippen molar-refractivity contribution in [3.05, 3.63) is 64.7 Å². The molecule has 0 atom stereocenters. The lowest BCUT2D eigenvalue weighted by Gasteiger charge is -2.05. The molecular formula is C16H17N3O. The first-order chi connectivity index (χ1) is 9.63. The van der Waals surface area contributed by atoms with E-state index in [1.807, 2.05) is 50.2 Å². The fourth-order valence-corrected chi connectivity index (χ4v) is 2.04. The highest BCUT2D eigenvalue weighted by atomic mass is 16.4. The number of hydrogen-bond donors (Lipinski definition) is 2. The van der Waals surface area contributed by atoms with E-state index in [4.69, 9.17) is 10.9 Å². The van der Waals surface area contributed by atoms with Gasteiger partial charge in [-0.2, -0.15) is 0 Å². The first-order valence-electron chi connectivity index (χ1n) is 6.30. The van der Waals surface area contributed by atoms with Crippen LogP contribution < -0.4 is 5.73 Å². The third kappa shape index (κ3) is 2.85. The minimum absolute atomic E-state index is 0.0774. The summed E-state index contributed by atoms with van der Waals surface area (Å²) in [4.78, 5) is 4.54. The van der Waals surface area contributed by atoms with Crippen LogP contribution in [0.25, 0.3) is 0 Å². The third-order valence-electron chi connectivity index (χ3n) is 3.12. The normalized spacial score (nSPS) is 12.0. The van der Waals surface area contributed by atoms with E-state index in [1.165, 1.54) is 0 Å². The molecule has 0 aliphatic rings. The Morgan fingerprint density at radius 1 is 1.05 bits per heavy atom. The van der Waals surface area contributed by atoms with Crippen LogP contribution in [0.3, 0.4) is 0 Å². The van der Waals surface area contributed by atoms with Crippen molar-refractivity contribution in [2.45, 2.75) is 13.8 Å². The number of aliphatic imine (C=N–C) groups is 1. The molecule has 102 valence electrons. The van der Waals surface area contributed by atoms with Crippen LogP contribution in [0.15, 0.2) is 52.6 Å². The minimum atomic E-state index is 0.0774. The van der Waals surface area contributed by atoms with E-state index in [0.29, 0.717) is 5.56 Å². The Morgan fingerprint density at radius 2 is 1.70 bits per heavy atom. The van der Waals surface area contributed by atoms with Gasteiger partial charge in [-0.1, -0.05) is 47.6 Å². The van der Waals surface area contributed by atoms with Crippen LogP contribution >= 0.6 is 0 Å². The standard InChI is InChI=1S/C16H17N3O/c1-11-6-5-7-12(2)15(11)18-10-13-8-3-4-9-14(13)16(17)19-20/h3-10,20H,1-2H3,(H2,17,19). The molecule has 0 amide bonds. The predicted molar refractivity (Wildman–Crippen MR) is 82.1 cm³/mol. The molecule has 0 saturated heterocycles. The van der Waals surface area contributed by atoms with Gasteiger partial charge in [0.2, 0.25) is 0 Å². The molecule has 0 fully saturated rings. The quantitative estimate of drug-likeness (QED) is 0.388. The zero-order chi connectivity index (χ0) is 14.5. The molecule has 2 aromatic carbocycles. The average molecular weight is 267 g/mol. The van der Waals surface area contributed by atoms with Crippen molar-refractivity contribution in [2.24, 2.45) is 15.9 Å². The van der Waals surface area contributed by atoms with Crippen LogP contribution in [-0.4, -0.2) is 17.3 Å². The Balaban J connectivity index is 2.43. The van der Waals surface area contributed by atoms with Gasteiger partial charge in [0.05, 0.1) is 5.69 Å². The van der Waals surface area contributed by atoms with E-state index in [-0.39, 0.29) is 5.84 Å². The lowest BCUT2D eigenvalue weighted by Crippen LogP contribution is -2.15. The minimum Gasteiger partial charge on any atom is -0.409 e.